The second-order valence-electron chi connectivity index (χ2n) is 5.55. The molecule has 0 aromatic carbocycles. The fourth-order valence-electron chi connectivity index (χ4n) is 2.21. The fraction of sp³-hybridized carbons (Fsp3) is 0.389. The monoisotopic (exact) mass is 363 g/mol. The van der Waals surface area contributed by atoms with Crippen molar-refractivity contribution in [3.8, 4) is 0 Å². The molecule has 0 fully saturated rings. The van der Waals surface area contributed by atoms with Gasteiger partial charge in [-0.25, -0.2) is 0 Å². The van der Waals surface area contributed by atoms with Gasteiger partial charge in [-0.2, -0.15) is 0 Å². The molecule has 0 aliphatic rings. The molecule has 2 heterocycles. The number of hydrogen-bond acceptors (Lipinski definition) is 5. The van der Waals surface area contributed by atoms with Gasteiger partial charge in [0.25, 0.3) is 0 Å². The van der Waals surface area contributed by atoms with Crippen LogP contribution >= 0.6 is 22.7 Å². The van der Waals surface area contributed by atoms with Gasteiger partial charge in [0.05, 0.1) is 4.88 Å². The van der Waals surface area contributed by atoms with Crippen LogP contribution in [-0.4, -0.2) is 24.0 Å². The molecule has 2 aromatic heterocycles. The number of ketones is 2. The van der Waals surface area contributed by atoms with Gasteiger partial charge in [0, 0.05) is 42.0 Å². The molecule has 0 unspecified atom stereocenters. The van der Waals surface area contributed by atoms with Gasteiger partial charge >= 0.3 is 0 Å². The summed E-state index contributed by atoms with van der Waals surface area (Å²) < 4.78 is 0. The predicted molar refractivity (Wildman–Crippen MR) is 97.9 cm³/mol. The summed E-state index contributed by atoms with van der Waals surface area (Å²) in [7, 11) is 0. The third-order valence-corrected chi connectivity index (χ3v) is 5.53. The zero-order valence-electron chi connectivity index (χ0n) is 13.7. The Morgan fingerprint density at radius 1 is 1.04 bits per heavy atom. The van der Waals surface area contributed by atoms with E-state index < -0.39 is 0 Å². The molecule has 0 spiro atoms. The fourth-order valence-corrected chi connectivity index (χ4v) is 3.75. The summed E-state index contributed by atoms with van der Waals surface area (Å²) in [4.78, 5) is 38.5. The summed E-state index contributed by atoms with van der Waals surface area (Å²) >= 11 is 3.11. The Morgan fingerprint density at radius 3 is 2.50 bits per heavy atom. The van der Waals surface area contributed by atoms with Crippen LogP contribution in [0.4, 0.5) is 0 Å². The first-order chi connectivity index (χ1) is 11.5. The quantitative estimate of drug-likeness (QED) is 0.653. The second kappa shape index (κ2) is 9.49. The van der Waals surface area contributed by atoms with Gasteiger partial charge in [-0.15, -0.1) is 22.7 Å². The van der Waals surface area contributed by atoms with Crippen LogP contribution < -0.4 is 5.32 Å². The van der Waals surface area contributed by atoms with Crippen LogP contribution in [0.1, 0.15) is 45.1 Å². The number of carbonyl (C=O) groups excluding carboxylic acids is 3. The largest absolute Gasteiger partial charge is 0.356 e. The highest BCUT2D eigenvalue weighted by Crippen LogP contribution is 2.17. The van der Waals surface area contributed by atoms with Gasteiger partial charge in [0.15, 0.2) is 5.78 Å². The minimum atomic E-state index is -0.111. The minimum Gasteiger partial charge on any atom is -0.356 e. The molecule has 128 valence electrons. The highest BCUT2D eigenvalue weighted by atomic mass is 32.1. The molecule has 0 aliphatic carbocycles. The summed E-state index contributed by atoms with van der Waals surface area (Å²) in [6.45, 7) is 2.54. The first kappa shape index (κ1) is 18.5. The van der Waals surface area contributed by atoms with Crippen LogP contribution in [0.25, 0.3) is 0 Å². The van der Waals surface area contributed by atoms with E-state index in [2.05, 4.69) is 5.32 Å². The molecule has 0 bridgehead atoms. The summed E-state index contributed by atoms with van der Waals surface area (Å²) in [5, 5.41) is 4.83. The molecule has 2 aromatic rings. The van der Waals surface area contributed by atoms with E-state index in [4.69, 9.17) is 0 Å². The number of Topliss-reactive ketones (excluding diaryl/α,β-unsaturated/α-hetero) is 2. The average Bonchev–Trinajstić information content (AvgIpc) is 3.22. The number of amides is 1. The predicted octanol–water partition coefficient (Wildman–Crippen LogP) is 3.79. The molecule has 24 heavy (non-hydrogen) atoms. The number of thiophene rings is 2. The number of rotatable bonds is 10. The van der Waals surface area contributed by atoms with E-state index >= 15 is 0 Å². The Hall–Kier alpha value is -1.79. The van der Waals surface area contributed by atoms with E-state index in [9.17, 15) is 14.4 Å². The molecule has 1 N–H and O–H groups in total. The van der Waals surface area contributed by atoms with Crippen molar-refractivity contribution in [2.45, 2.75) is 39.0 Å². The Morgan fingerprint density at radius 2 is 1.83 bits per heavy atom. The molecule has 0 atom stereocenters. The van der Waals surface area contributed by atoms with Gasteiger partial charge in [0.2, 0.25) is 5.91 Å². The SMILES string of the molecule is Cc1ccc(C(=O)CCC(=O)CCC(=O)NCCc2cccs2)s1. The number of nitrogens with one attached hydrogen (secondary N) is 1. The molecule has 1 amide bonds. The molecule has 0 saturated carbocycles. The number of hydrogen-bond donors (Lipinski definition) is 1. The van der Waals surface area contributed by atoms with Crippen molar-refractivity contribution in [1.82, 2.24) is 5.32 Å². The Bertz CT molecular complexity index is 689. The van der Waals surface area contributed by atoms with E-state index in [1.807, 2.05) is 30.5 Å². The summed E-state index contributed by atoms with van der Waals surface area (Å²) in [5.41, 5.74) is 0. The maximum Gasteiger partial charge on any atom is 0.220 e. The van der Waals surface area contributed by atoms with Crippen LogP contribution in [0, 0.1) is 6.92 Å². The van der Waals surface area contributed by atoms with Crippen LogP contribution in [0.15, 0.2) is 29.6 Å². The van der Waals surface area contributed by atoms with Gasteiger partial charge in [-0.3, -0.25) is 14.4 Å². The molecular formula is C18H21NO3S2. The van der Waals surface area contributed by atoms with Gasteiger partial charge in [-0.05, 0) is 36.9 Å². The minimum absolute atomic E-state index is 0.00171. The molecule has 4 nitrogen and oxygen atoms in total. The maximum atomic E-state index is 11.9. The highest BCUT2D eigenvalue weighted by molar-refractivity contribution is 7.14. The Balaban J connectivity index is 1.58. The lowest BCUT2D eigenvalue weighted by Crippen LogP contribution is -2.25. The standard InChI is InChI=1S/C18H21NO3S2/c1-13-4-8-17(24-13)16(21)7-5-14(20)6-9-18(22)19-11-10-15-3-2-12-23-15/h2-4,8,12H,5-7,9-11H2,1H3,(H,19,22). The van der Waals surface area contributed by atoms with Crippen molar-refractivity contribution in [1.29, 1.82) is 0 Å². The van der Waals surface area contributed by atoms with E-state index in [-0.39, 0.29) is 43.2 Å². The summed E-state index contributed by atoms with van der Waals surface area (Å²) in [5.74, 6) is -0.146. The first-order valence-corrected chi connectivity index (χ1v) is 9.64. The third-order valence-electron chi connectivity index (χ3n) is 3.55. The van der Waals surface area contributed by atoms with Crippen molar-refractivity contribution in [3.63, 3.8) is 0 Å². The van der Waals surface area contributed by atoms with Crippen LogP contribution in [0.3, 0.4) is 0 Å². The lowest BCUT2D eigenvalue weighted by molar-refractivity contribution is -0.125. The number of aryl methyl sites for hydroxylation is 1. The van der Waals surface area contributed by atoms with E-state index in [0.29, 0.717) is 11.4 Å². The number of carbonyl (C=O) groups is 3. The highest BCUT2D eigenvalue weighted by Gasteiger charge is 2.12. The average molecular weight is 364 g/mol. The van der Waals surface area contributed by atoms with Crippen molar-refractivity contribution in [2.75, 3.05) is 6.54 Å². The summed E-state index contributed by atoms with van der Waals surface area (Å²) in [6, 6.07) is 7.72. The molecule has 0 radical (unpaired) electrons. The molecule has 6 heteroatoms. The van der Waals surface area contributed by atoms with Crippen molar-refractivity contribution < 1.29 is 14.4 Å². The molecule has 0 saturated heterocycles. The Kier molecular flexibility index (Phi) is 7.34. The van der Waals surface area contributed by atoms with Crippen molar-refractivity contribution in [2.24, 2.45) is 0 Å². The topological polar surface area (TPSA) is 63.2 Å². The van der Waals surface area contributed by atoms with Gasteiger partial charge < -0.3 is 5.32 Å². The van der Waals surface area contributed by atoms with Gasteiger partial charge in [0.1, 0.15) is 5.78 Å². The second-order valence-corrected chi connectivity index (χ2v) is 7.87. The van der Waals surface area contributed by atoms with Crippen LogP contribution in [0.5, 0.6) is 0 Å². The third kappa shape index (κ3) is 6.37. The zero-order chi connectivity index (χ0) is 17.4. The zero-order valence-corrected chi connectivity index (χ0v) is 15.3. The molecule has 2 rings (SSSR count). The molecular weight excluding hydrogens is 342 g/mol. The van der Waals surface area contributed by atoms with E-state index in [1.165, 1.54) is 16.2 Å². The normalized spacial score (nSPS) is 10.5. The van der Waals surface area contributed by atoms with Gasteiger partial charge in [-0.1, -0.05) is 6.07 Å². The smallest absolute Gasteiger partial charge is 0.220 e. The van der Waals surface area contributed by atoms with Crippen LogP contribution in [0.2, 0.25) is 0 Å². The molecule has 0 aliphatic heterocycles. The Labute approximate surface area is 149 Å². The lowest BCUT2D eigenvalue weighted by atomic mass is 10.1. The first-order valence-electron chi connectivity index (χ1n) is 7.95. The maximum absolute atomic E-state index is 11.9. The van der Waals surface area contributed by atoms with E-state index in [0.717, 1.165) is 11.3 Å². The van der Waals surface area contributed by atoms with Crippen LogP contribution in [-0.2, 0) is 16.0 Å². The summed E-state index contributed by atoms with van der Waals surface area (Å²) in [6.07, 6.45) is 1.63. The lowest BCUT2D eigenvalue weighted by Gasteiger charge is -2.04. The van der Waals surface area contributed by atoms with Crippen molar-refractivity contribution in [3.05, 3.63) is 44.3 Å². The van der Waals surface area contributed by atoms with Crippen molar-refractivity contribution >= 4 is 40.1 Å². The van der Waals surface area contributed by atoms with E-state index in [1.54, 1.807) is 17.4 Å².